The Morgan fingerprint density at radius 1 is 0.944 bits per heavy atom. The topological polar surface area (TPSA) is 153 Å². The fraction of sp³-hybridized carbons (Fsp3) is 0.462. The van der Waals surface area contributed by atoms with Gasteiger partial charge in [0.15, 0.2) is 11.5 Å². The number of carbonyl (C=O) groups excluding carboxylic acids is 2. The Hall–Kier alpha value is -3.78. The number of likely N-dealkylation sites (tertiary alicyclic amines) is 2. The van der Waals surface area contributed by atoms with E-state index in [1.807, 2.05) is 47.4 Å². The molecule has 0 aliphatic carbocycles. The van der Waals surface area contributed by atoms with Crippen molar-refractivity contribution in [2.45, 2.75) is 49.2 Å². The van der Waals surface area contributed by atoms with E-state index in [0.717, 1.165) is 24.2 Å². The van der Waals surface area contributed by atoms with Crippen molar-refractivity contribution >= 4 is 53.4 Å². The van der Waals surface area contributed by atoms with Crippen LogP contribution in [0, 0.1) is 0 Å². The van der Waals surface area contributed by atoms with Gasteiger partial charge in [0.2, 0.25) is 11.7 Å². The molecular formula is C39H49Cl3N4O8. The van der Waals surface area contributed by atoms with Gasteiger partial charge < -0.3 is 40.0 Å². The van der Waals surface area contributed by atoms with Gasteiger partial charge >= 0.3 is 5.97 Å². The van der Waals surface area contributed by atoms with Crippen molar-refractivity contribution in [2.75, 3.05) is 67.2 Å². The second-order valence-corrected chi connectivity index (χ2v) is 14.3. The van der Waals surface area contributed by atoms with Crippen molar-refractivity contribution in [3.8, 4) is 17.2 Å². The van der Waals surface area contributed by atoms with Crippen LogP contribution in [0.4, 0.5) is 0 Å². The minimum Gasteiger partial charge on any atom is -0.493 e. The number of nitrogens with two attached hydrogens (primary N) is 1. The summed E-state index contributed by atoms with van der Waals surface area (Å²) in [6.07, 6.45) is 1.07. The van der Waals surface area contributed by atoms with Crippen molar-refractivity contribution < 1.29 is 38.4 Å². The number of rotatable bonds is 10. The number of halogens is 3. The first-order valence-electron chi connectivity index (χ1n) is 17.6. The number of nitrogens with one attached hydrogen (secondary N) is 1. The summed E-state index contributed by atoms with van der Waals surface area (Å²) in [5.74, 6) is -0.214. The smallest absolute Gasteiger partial charge is 0.314 e. The van der Waals surface area contributed by atoms with Crippen LogP contribution in [0.1, 0.15) is 47.7 Å². The molecule has 0 radical (unpaired) electrons. The summed E-state index contributed by atoms with van der Waals surface area (Å²) in [4.78, 5) is 41.9. The molecule has 3 fully saturated rings. The molecule has 3 aliphatic heterocycles. The molecule has 4 N–H and O–H groups in total. The number of methoxy groups -OCH3 is 3. The highest BCUT2D eigenvalue weighted by molar-refractivity contribution is 6.42. The molecule has 12 nitrogen and oxygen atoms in total. The SMILES string of the molecule is CCN1CCC(C(=O)O)(c2ccccc2)CC1C1(c2ccc(Cl)c(Cl)c2)CCN(C(=O)c2cc(OC)c(OC)c(OC)c2)C1.Cl.NC(=O)C1CNCCO1. The van der Waals surface area contributed by atoms with Gasteiger partial charge in [-0.05, 0) is 67.7 Å². The molecule has 15 heteroatoms. The van der Waals surface area contributed by atoms with E-state index in [0.29, 0.717) is 84.9 Å². The molecule has 4 atom stereocenters. The van der Waals surface area contributed by atoms with Crippen molar-refractivity contribution in [3.05, 3.63) is 87.4 Å². The summed E-state index contributed by atoms with van der Waals surface area (Å²) in [5, 5.41) is 14.6. The van der Waals surface area contributed by atoms with E-state index < -0.39 is 22.9 Å². The predicted octanol–water partition coefficient (Wildman–Crippen LogP) is 5.19. The number of amides is 2. The van der Waals surface area contributed by atoms with Crippen LogP contribution in [0.5, 0.6) is 17.2 Å². The number of carboxylic acid groups (broad SMARTS) is 1. The lowest BCUT2D eigenvalue weighted by atomic mass is 9.62. The summed E-state index contributed by atoms with van der Waals surface area (Å²) < 4.78 is 21.5. The highest BCUT2D eigenvalue weighted by Gasteiger charge is 2.56. The summed E-state index contributed by atoms with van der Waals surface area (Å²) >= 11 is 13.0. The van der Waals surface area contributed by atoms with Crippen molar-refractivity contribution in [1.82, 2.24) is 15.1 Å². The highest BCUT2D eigenvalue weighted by Crippen LogP contribution is 2.50. The zero-order chi connectivity index (χ0) is 38.3. The summed E-state index contributed by atoms with van der Waals surface area (Å²) in [7, 11) is 4.55. The molecule has 3 aliphatic rings. The van der Waals surface area contributed by atoms with Gasteiger partial charge in [-0.3, -0.25) is 19.3 Å². The number of carboxylic acids is 1. The molecular weight excluding hydrogens is 759 g/mol. The molecule has 6 rings (SSSR count). The van der Waals surface area contributed by atoms with E-state index >= 15 is 0 Å². The Labute approximate surface area is 332 Å². The number of primary amides is 1. The normalized spacial score (nSPS) is 24.0. The Bertz CT molecular complexity index is 1750. The summed E-state index contributed by atoms with van der Waals surface area (Å²) in [6, 6.07) is 18.3. The van der Waals surface area contributed by atoms with Crippen LogP contribution in [-0.4, -0.2) is 112 Å². The van der Waals surface area contributed by atoms with E-state index in [4.69, 9.17) is 47.9 Å². The maximum atomic E-state index is 14.1. The predicted molar refractivity (Wildman–Crippen MR) is 210 cm³/mol. The minimum atomic E-state index is -1.07. The van der Waals surface area contributed by atoms with Crippen molar-refractivity contribution in [3.63, 3.8) is 0 Å². The highest BCUT2D eigenvalue weighted by atomic mass is 35.5. The Balaban J connectivity index is 0.000000570. The van der Waals surface area contributed by atoms with E-state index in [-0.39, 0.29) is 30.3 Å². The number of carbonyl (C=O) groups is 3. The standard InChI is InChI=1S/C34H38Cl2N2O6.C5H10N2O2.ClH/c1-5-37-15-13-33(32(40)41,23-9-7-6-8-10-23)20-29(37)34(24-11-12-25(35)26(36)19-24)14-16-38(21-34)31(39)22-17-27(42-2)30(44-4)28(18-22)43-3;6-5(8)4-3-7-1-2-9-4;/h6-12,17-19,29H,5,13-16,20-21H2,1-4H3,(H,40,41);4,7H,1-3H2,(H2,6,8);1H. The number of likely N-dealkylation sites (N-methyl/N-ethyl adjacent to an activating group) is 1. The molecule has 4 unspecified atom stereocenters. The van der Waals surface area contributed by atoms with Gasteiger partial charge in [-0.25, -0.2) is 0 Å². The lowest BCUT2D eigenvalue weighted by Gasteiger charge is -2.52. The average Bonchev–Trinajstić information content (AvgIpc) is 3.65. The molecule has 54 heavy (non-hydrogen) atoms. The van der Waals surface area contributed by atoms with Crippen LogP contribution >= 0.6 is 35.6 Å². The van der Waals surface area contributed by atoms with Gasteiger partial charge in [0, 0.05) is 43.2 Å². The van der Waals surface area contributed by atoms with Crippen LogP contribution < -0.4 is 25.3 Å². The third-order valence-corrected chi connectivity index (χ3v) is 11.6. The zero-order valence-electron chi connectivity index (χ0n) is 30.9. The summed E-state index contributed by atoms with van der Waals surface area (Å²) in [6.45, 7) is 6.21. The van der Waals surface area contributed by atoms with Gasteiger partial charge in [-0.2, -0.15) is 0 Å². The van der Waals surface area contributed by atoms with E-state index in [9.17, 15) is 19.5 Å². The first kappa shape index (κ1) is 43.0. The van der Waals surface area contributed by atoms with Gasteiger partial charge in [-0.15, -0.1) is 12.4 Å². The molecule has 0 aromatic heterocycles. The summed E-state index contributed by atoms with van der Waals surface area (Å²) in [5.41, 5.74) is 5.41. The number of aliphatic carboxylic acids is 1. The van der Waals surface area contributed by atoms with Crippen LogP contribution in [0.25, 0.3) is 0 Å². The Morgan fingerprint density at radius 2 is 1.63 bits per heavy atom. The number of hydrogen-bond donors (Lipinski definition) is 3. The molecule has 3 aromatic rings. The van der Waals surface area contributed by atoms with Crippen LogP contribution in [0.2, 0.25) is 10.0 Å². The molecule has 0 saturated carbocycles. The second kappa shape index (κ2) is 18.7. The van der Waals surface area contributed by atoms with E-state index in [1.54, 1.807) is 18.2 Å². The first-order valence-corrected chi connectivity index (χ1v) is 18.4. The number of nitrogens with zero attached hydrogens (tertiary/aromatic N) is 2. The van der Waals surface area contributed by atoms with Gasteiger partial charge in [0.05, 0.1) is 43.4 Å². The third kappa shape index (κ3) is 8.69. The first-order chi connectivity index (χ1) is 25.4. The van der Waals surface area contributed by atoms with Crippen LogP contribution in [0.3, 0.4) is 0 Å². The number of hydrogen-bond acceptors (Lipinski definition) is 9. The fourth-order valence-electron chi connectivity index (χ4n) is 7.96. The number of morpholine rings is 1. The lowest BCUT2D eigenvalue weighted by molar-refractivity contribution is -0.147. The number of benzene rings is 3. The molecule has 3 heterocycles. The quantitative estimate of drug-likeness (QED) is 0.250. The monoisotopic (exact) mass is 806 g/mol. The molecule has 294 valence electrons. The largest absolute Gasteiger partial charge is 0.493 e. The molecule has 3 saturated heterocycles. The van der Waals surface area contributed by atoms with Gasteiger partial charge in [-0.1, -0.05) is 66.5 Å². The van der Waals surface area contributed by atoms with E-state index in [2.05, 4.69) is 17.1 Å². The van der Waals surface area contributed by atoms with Gasteiger partial charge in [0.1, 0.15) is 6.10 Å². The van der Waals surface area contributed by atoms with Crippen molar-refractivity contribution in [1.29, 1.82) is 0 Å². The van der Waals surface area contributed by atoms with Crippen LogP contribution in [0.15, 0.2) is 60.7 Å². The number of piperidine rings is 1. The lowest BCUT2D eigenvalue weighted by Crippen LogP contribution is -2.60. The van der Waals surface area contributed by atoms with Crippen molar-refractivity contribution in [2.24, 2.45) is 5.73 Å². The van der Waals surface area contributed by atoms with Gasteiger partial charge in [0.25, 0.3) is 5.91 Å². The van der Waals surface area contributed by atoms with E-state index in [1.165, 1.54) is 21.3 Å². The second-order valence-electron chi connectivity index (χ2n) is 13.5. The molecule has 0 spiro atoms. The minimum absolute atomic E-state index is 0. The average molecular weight is 808 g/mol. The fourth-order valence-corrected chi connectivity index (χ4v) is 8.26. The third-order valence-electron chi connectivity index (χ3n) is 10.8. The molecule has 3 aromatic carbocycles. The molecule has 0 bridgehead atoms. The zero-order valence-corrected chi connectivity index (χ0v) is 33.3. The number of ether oxygens (including phenoxy) is 4. The Morgan fingerprint density at radius 3 is 2.15 bits per heavy atom. The maximum Gasteiger partial charge on any atom is 0.314 e. The maximum absolute atomic E-state index is 14.1. The Kier molecular flexibility index (Phi) is 14.9. The van der Waals surface area contributed by atoms with Crippen LogP contribution in [-0.2, 0) is 25.2 Å². The molecule has 2 amide bonds.